The first-order valence-corrected chi connectivity index (χ1v) is 12.8. The summed E-state index contributed by atoms with van der Waals surface area (Å²) in [6, 6.07) is 6.75. The minimum absolute atomic E-state index is 0.00148. The molecule has 5 rings (SSSR count). The predicted molar refractivity (Wildman–Crippen MR) is 134 cm³/mol. The molecular weight excluding hydrogens is 529 g/mol. The van der Waals surface area contributed by atoms with Crippen LogP contribution in [0.2, 0.25) is 0 Å². The van der Waals surface area contributed by atoms with E-state index in [-0.39, 0.29) is 35.0 Å². The normalized spacial score (nSPS) is 21.4. The van der Waals surface area contributed by atoms with Crippen molar-refractivity contribution in [2.24, 2.45) is 0 Å². The molecule has 0 spiro atoms. The third-order valence-electron chi connectivity index (χ3n) is 7.46. The monoisotopic (exact) mass is 558 g/mol. The van der Waals surface area contributed by atoms with E-state index in [4.69, 9.17) is 4.74 Å². The first-order chi connectivity index (χ1) is 18.7. The van der Waals surface area contributed by atoms with Crippen molar-refractivity contribution in [2.75, 3.05) is 31.6 Å². The molecule has 212 valence electrons. The number of nitrogens with one attached hydrogen (secondary N) is 2. The van der Waals surface area contributed by atoms with Crippen LogP contribution in [0.15, 0.2) is 36.4 Å². The first-order valence-electron chi connectivity index (χ1n) is 12.8. The Morgan fingerprint density at radius 2 is 1.87 bits per heavy atom. The zero-order valence-electron chi connectivity index (χ0n) is 21.1. The van der Waals surface area contributed by atoms with Gasteiger partial charge in [-0.05, 0) is 37.5 Å². The molecule has 0 bridgehead atoms. The largest absolute Gasteiger partial charge is 0.434 e. The van der Waals surface area contributed by atoms with Gasteiger partial charge in [0.1, 0.15) is 11.6 Å². The molecule has 12 heteroatoms. The summed E-state index contributed by atoms with van der Waals surface area (Å²) in [6.07, 6.45) is -5.50. The van der Waals surface area contributed by atoms with Gasteiger partial charge in [-0.25, -0.2) is 17.6 Å². The van der Waals surface area contributed by atoms with Crippen LogP contribution >= 0.6 is 0 Å². The van der Waals surface area contributed by atoms with Gasteiger partial charge >= 0.3 is 6.61 Å². The summed E-state index contributed by atoms with van der Waals surface area (Å²) < 4.78 is 102. The van der Waals surface area contributed by atoms with Crippen LogP contribution in [0.25, 0.3) is 10.9 Å². The number of ether oxygens (including phenoxy) is 1. The third kappa shape index (κ3) is 5.41. The number of halogens is 7. The lowest BCUT2D eigenvalue weighted by Gasteiger charge is -2.43. The second-order valence-corrected chi connectivity index (χ2v) is 10.1. The van der Waals surface area contributed by atoms with Crippen molar-refractivity contribution >= 4 is 16.6 Å². The van der Waals surface area contributed by atoms with Gasteiger partial charge in [0.25, 0.3) is 6.43 Å². The standard InChI is InChI=1S/C27H29F7N4O/c1-14-10-19-17-4-2-5-20(29)22(17)36-23(19)24(38(14)26(32)25(30)31)18-7-6-15(11-21(18)39-27(33)34)35-16-12-37(13-16)9-3-8-28/h2,4-7,11,14,16,24-27,35-36H,3,8-10,12-13H2,1H3/t14-,24?,26?/m1/s1. The maximum atomic E-state index is 15.1. The lowest BCUT2D eigenvalue weighted by Crippen LogP contribution is -2.54. The number of aromatic amines is 1. The van der Waals surface area contributed by atoms with Crippen LogP contribution in [-0.4, -0.2) is 72.5 Å². The zero-order valence-corrected chi connectivity index (χ0v) is 21.1. The Balaban J connectivity index is 1.55. The second kappa shape index (κ2) is 11.2. The number of nitrogens with zero attached hydrogens (tertiary/aromatic N) is 2. The quantitative estimate of drug-likeness (QED) is 0.228. The van der Waals surface area contributed by atoms with Crippen LogP contribution in [0.1, 0.15) is 36.2 Å². The van der Waals surface area contributed by atoms with Crippen LogP contribution in [-0.2, 0) is 6.42 Å². The first kappa shape index (κ1) is 27.6. The molecule has 1 fully saturated rings. The molecule has 1 aromatic heterocycles. The van der Waals surface area contributed by atoms with Gasteiger partial charge in [-0.2, -0.15) is 8.78 Å². The van der Waals surface area contributed by atoms with E-state index in [0.29, 0.717) is 42.7 Å². The average molecular weight is 559 g/mol. The fourth-order valence-electron chi connectivity index (χ4n) is 5.76. The molecule has 39 heavy (non-hydrogen) atoms. The Hall–Kier alpha value is -2.99. The van der Waals surface area contributed by atoms with E-state index in [9.17, 15) is 26.3 Å². The van der Waals surface area contributed by atoms with Crippen LogP contribution in [0.4, 0.5) is 36.4 Å². The van der Waals surface area contributed by atoms with Crippen LogP contribution in [0.5, 0.6) is 5.75 Å². The second-order valence-electron chi connectivity index (χ2n) is 10.1. The van der Waals surface area contributed by atoms with E-state index in [1.165, 1.54) is 24.3 Å². The Labute approximate surface area is 220 Å². The maximum Gasteiger partial charge on any atom is 0.387 e. The summed E-state index contributed by atoms with van der Waals surface area (Å²) in [5, 5.41) is 3.73. The average Bonchev–Trinajstić information content (AvgIpc) is 3.23. The van der Waals surface area contributed by atoms with E-state index in [0.717, 1.165) is 4.90 Å². The molecule has 0 radical (unpaired) electrons. The van der Waals surface area contributed by atoms with Gasteiger partial charge in [0.15, 0.2) is 0 Å². The number of benzene rings is 2. The Morgan fingerprint density at radius 3 is 2.56 bits per heavy atom. The molecule has 2 aliphatic heterocycles. The Bertz CT molecular complexity index is 1300. The molecule has 2 unspecified atom stereocenters. The van der Waals surface area contributed by atoms with Crippen molar-refractivity contribution in [3.63, 3.8) is 0 Å². The number of likely N-dealkylation sites (tertiary alicyclic amines) is 1. The molecule has 3 atom stereocenters. The summed E-state index contributed by atoms with van der Waals surface area (Å²) in [5.41, 5.74) is 1.48. The molecule has 0 aliphatic carbocycles. The van der Waals surface area contributed by atoms with Gasteiger partial charge in [-0.3, -0.25) is 14.2 Å². The van der Waals surface area contributed by atoms with Crippen molar-refractivity contribution in [3.8, 4) is 5.75 Å². The Kier molecular flexibility index (Phi) is 7.95. The molecule has 0 saturated carbocycles. The lowest BCUT2D eigenvalue weighted by atomic mass is 9.88. The number of para-hydroxylation sites is 1. The highest BCUT2D eigenvalue weighted by Gasteiger charge is 2.44. The summed E-state index contributed by atoms with van der Waals surface area (Å²) in [7, 11) is 0. The minimum Gasteiger partial charge on any atom is -0.434 e. The van der Waals surface area contributed by atoms with Gasteiger partial charge < -0.3 is 15.0 Å². The third-order valence-corrected chi connectivity index (χ3v) is 7.46. The van der Waals surface area contributed by atoms with Crippen molar-refractivity contribution in [1.29, 1.82) is 0 Å². The van der Waals surface area contributed by atoms with Crippen molar-refractivity contribution in [3.05, 3.63) is 59.0 Å². The number of fused-ring (bicyclic) bond motifs is 3. The molecule has 3 aromatic rings. The number of hydrogen-bond acceptors (Lipinski definition) is 4. The summed E-state index contributed by atoms with van der Waals surface area (Å²) in [4.78, 5) is 5.90. The molecule has 2 aromatic carbocycles. The van der Waals surface area contributed by atoms with Gasteiger partial charge in [0.05, 0.1) is 24.3 Å². The Morgan fingerprint density at radius 1 is 1.10 bits per heavy atom. The van der Waals surface area contributed by atoms with Crippen LogP contribution in [0, 0.1) is 5.82 Å². The van der Waals surface area contributed by atoms with Gasteiger partial charge in [0, 0.05) is 54.1 Å². The number of rotatable bonds is 10. The van der Waals surface area contributed by atoms with E-state index in [1.807, 2.05) is 4.90 Å². The smallest absolute Gasteiger partial charge is 0.387 e. The lowest BCUT2D eigenvalue weighted by molar-refractivity contribution is -0.0857. The van der Waals surface area contributed by atoms with Gasteiger partial charge in [-0.15, -0.1) is 0 Å². The highest BCUT2D eigenvalue weighted by Crippen LogP contribution is 2.46. The highest BCUT2D eigenvalue weighted by molar-refractivity contribution is 5.86. The predicted octanol–water partition coefficient (Wildman–Crippen LogP) is 6.26. The zero-order chi connectivity index (χ0) is 27.8. The van der Waals surface area contributed by atoms with Gasteiger partial charge in [0.2, 0.25) is 6.30 Å². The molecule has 2 aliphatic rings. The summed E-state index contributed by atoms with van der Waals surface area (Å²) in [6.45, 7) is -0.171. The molecule has 3 heterocycles. The molecule has 5 nitrogen and oxygen atoms in total. The number of H-pyrrole nitrogens is 1. The fourth-order valence-corrected chi connectivity index (χ4v) is 5.76. The molecule has 0 amide bonds. The SMILES string of the molecule is C[C@@H]1Cc2c([nH]c3c(F)cccc23)C(c2ccc(NC3CN(CCCF)C3)cc2OC(F)F)N1C(F)C(F)F. The van der Waals surface area contributed by atoms with Crippen LogP contribution < -0.4 is 10.1 Å². The summed E-state index contributed by atoms with van der Waals surface area (Å²) in [5.74, 6) is -0.880. The molecular formula is C27H29F7N4O. The van der Waals surface area contributed by atoms with E-state index in [2.05, 4.69) is 10.3 Å². The van der Waals surface area contributed by atoms with E-state index >= 15 is 4.39 Å². The number of alkyl halides is 6. The highest BCUT2D eigenvalue weighted by atomic mass is 19.3. The van der Waals surface area contributed by atoms with E-state index < -0.39 is 43.9 Å². The van der Waals surface area contributed by atoms with Crippen LogP contribution in [0.3, 0.4) is 0 Å². The van der Waals surface area contributed by atoms with Gasteiger partial charge in [-0.1, -0.05) is 18.2 Å². The maximum absolute atomic E-state index is 15.1. The molecule has 1 saturated heterocycles. The number of anilines is 1. The summed E-state index contributed by atoms with van der Waals surface area (Å²) >= 11 is 0. The minimum atomic E-state index is -3.36. The van der Waals surface area contributed by atoms with Crippen molar-refractivity contribution in [1.82, 2.24) is 14.8 Å². The topological polar surface area (TPSA) is 43.5 Å². The molecule has 2 N–H and O–H groups in total. The number of hydrogen-bond donors (Lipinski definition) is 2. The van der Waals surface area contributed by atoms with Crippen molar-refractivity contribution in [2.45, 2.75) is 57.2 Å². The van der Waals surface area contributed by atoms with Crippen molar-refractivity contribution < 1.29 is 35.5 Å². The fraction of sp³-hybridized carbons (Fsp3) is 0.481. The van der Waals surface area contributed by atoms with E-state index in [1.54, 1.807) is 19.1 Å². The number of aromatic nitrogens is 1.